The van der Waals surface area contributed by atoms with E-state index < -0.39 is 5.97 Å². The van der Waals surface area contributed by atoms with Crippen LogP contribution in [0.15, 0.2) is 48.7 Å². The van der Waals surface area contributed by atoms with Gasteiger partial charge in [-0.1, -0.05) is 30.3 Å². The van der Waals surface area contributed by atoms with E-state index in [-0.39, 0.29) is 17.7 Å². The van der Waals surface area contributed by atoms with Gasteiger partial charge >= 0.3 is 5.97 Å². The first-order valence-corrected chi connectivity index (χ1v) is 11.4. The van der Waals surface area contributed by atoms with Gasteiger partial charge in [0, 0.05) is 30.7 Å². The summed E-state index contributed by atoms with van der Waals surface area (Å²) in [5.41, 5.74) is 2.51. The number of piperidine rings is 1. The second kappa shape index (κ2) is 9.88. The molecule has 2 aliphatic rings. The predicted octanol–water partition coefficient (Wildman–Crippen LogP) is 3.86. The molecule has 2 aromatic rings. The highest BCUT2D eigenvalue weighted by molar-refractivity contribution is 5.66. The zero-order valence-corrected chi connectivity index (χ0v) is 18.0. The average molecular weight is 426 g/mol. The molecule has 1 saturated heterocycles. The van der Waals surface area contributed by atoms with Crippen molar-refractivity contribution in [1.29, 1.82) is 0 Å². The van der Waals surface area contributed by atoms with Crippen molar-refractivity contribution in [3.63, 3.8) is 0 Å². The number of benzene rings is 1. The average Bonchev–Trinajstić information content (AvgIpc) is 3.57. The first-order valence-electron chi connectivity index (χ1n) is 11.4. The van der Waals surface area contributed by atoms with Crippen LogP contribution in [0, 0.1) is 11.2 Å². The molecule has 0 spiro atoms. The largest absolute Gasteiger partial charge is 0.481 e. The highest BCUT2D eigenvalue weighted by Gasteiger charge is 2.41. The number of aromatic nitrogens is 1. The van der Waals surface area contributed by atoms with Crippen molar-refractivity contribution < 1.29 is 14.3 Å². The van der Waals surface area contributed by atoms with Gasteiger partial charge in [-0.3, -0.25) is 9.78 Å². The van der Waals surface area contributed by atoms with Gasteiger partial charge in [-0.15, -0.1) is 0 Å². The quantitative estimate of drug-likeness (QED) is 0.605. The van der Waals surface area contributed by atoms with Crippen molar-refractivity contribution in [2.75, 3.05) is 26.2 Å². The lowest BCUT2D eigenvalue weighted by atomic mass is 9.74. The summed E-state index contributed by atoms with van der Waals surface area (Å²) in [6.45, 7) is 3.45. The maximum atomic E-state index is 13.2. The third-order valence-corrected chi connectivity index (χ3v) is 7.02. The summed E-state index contributed by atoms with van der Waals surface area (Å²) in [6.07, 6.45) is 6.62. The summed E-state index contributed by atoms with van der Waals surface area (Å²) >= 11 is 0. The fraction of sp³-hybridized carbons (Fsp3) is 0.520. The van der Waals surface area contributed by atoms with Gasteiger partial charge in [0.25, 0.3) is 0 Å². The summed E-state index contributed by atoms with van der Waals surface area (Å²) in [5, 5.41) is 12.8. The molecule has 0 bridgehead atoms. The number of nitrogens with zero attached hydrogens (tertiary/aromatic N) is 2. The minimum absolute atomic E-state index is 0.166. The van der Waals surface area contributed by atoms with E-state index in [1.54, 1.807) is 6.07 Å². The lowest BCUT2D eigenvalue weighted by Gasteiger charge is -2.42. The monoisotopic (exact) mass is 425 g/mol. The van der Waals surface area contributed by atoms with E-state index in [4.69, 9.17) is 5.11 Å². The minimum atomic E-state index is -0.735. The Balaban J connectivity index is 1.34. The molecular formula is C25H32FN3O2. The van der Waals surface area contributed by atoms with Crippen LogP contribution in [0.2, 0.25) is 0 Å². The Labute approximate surface area is 183 Å². The van der Waals surface area contributed by atoms with Crippen LogP contribution in [0.5, 0.6) is 0 Å². The lowest BCUT2D eigenvalue weighted by Crippen LogP contribution is -2.46. The van der Waals surface area contributed by atoms with Gasteiger partial charge < -0.3 is 15.3 Å². The molecule has 4 rings (SSSR count). The van der Waals surface area contributed by atoms with Gasteiger partial charge in [-0.2, -0.15) is 0 Å². The fourth-order valence-corrected chi connectivity index (χ4v) is 4.80. The van der Waals surface area contributed by atoms with Crippen LogP contribution in [0.1, 0.15) is 49.3 Å². The van der Waals surface area contributed by atoms with Crippen LogP contribution < -0.4 is 5.32 Å². The van der Waals surface area contributed by atoms with E-state index in [1.165, 1.54) is 24.2 Å². The molecule has 2 heterocycles. The summed E-state index contributed by atoms with van der Waals surface area (Å²) in [6, 6.07) is 14.5. The number of hydrogen-bond donors (Lipinski definition) is 2. The highest BCUT2D eigenvalue weighted by Crippen LogP contribution is 2.42. The summed E-state index contributed by atoms with van der Waals surface area (Å²) in [5.74, 6) is -0.429. The Kier molecular flexibility index (Phi) is 6.98. The molecule has 31 heavy (non-hydrogen) atoms. The molecule has 5 nitrogen and oxygen atoms in total. The van der Waals surface area contributed by atoms with Crippen molar-refractivity contribution in [3.05, 3.63) is 65.7 Å². The Hall–Kier alpha value is -2.31. The van der Waals surface area contributed by atoms with Crippen LogP contribution in [0.4, 0.5) is 4.39 Å². The zero-order chi connectivity index (χ0) is 21.7. The molecule has 1 aliphatic heterocycles. The normalized spacial score (nSPS) is 22.9. The van der Waals surface area contributed by atoms with Crippen LogP contribution in [-0.2, 0) is 11.2 Å². The maximum Gasteiger partial charge on any atom is 0.304 e. The molecule has 1 aromatic heterocycles. The number of aliphatic carboxylic acids is 1. The highest BCUT2D eigenvalue weighted by atomic mass is 19.1. The fourth-order valence-electron chi connectivity index (χ4n) is 4.80. The van der Waals surface area contributed by atoms with E-state index in [0.29, 0.717) is 18.5 Å². The summed E-state index contributed by atoms with van der Waals surface area (Å²) in [7, 11) is 0. The number of carbonyl (C=O) groups is 1. The van der Waals surface area contributed by atoms with Crippen molar-refractivity contribution in [1.82, 2.24) is 15.2 Å². The van der Waals surface area contributed by atoms with E-state index in [1.807, 2.05) is 0 Å². The smallest absolute Gasteiger partial charge is 0.304 e. The third kappa shape index (κ3) is 6.11. The van der Waals surface area contributed by atoms with E-state index in [9.17, 15) is 9.18 Å². The van der Waals surface area contributed by atoms with Gasteiger partial charge in [-0.05, 0) is 68.3 Å². The Morgan fingerprint density at radius 1 is 1.19 bits per heavy atom. The van der Waals surface area contributed by atoms with Crippen molar-refractivity contribution in [2.45, 2.75) is 50.5 Å². The molecule has 0 amide bonds. The number of carboxylic acid groups (broad SMARTS) is 1. The number of likely N-dealkylation sites (tertiary alicyclic amines) is 1. The maximum absolute atomic E-state index is 13.2. The molecule has 2 atom stereocenters. The van der Waals surface area contributed by atoms with Crippen molar-refractivity contribution >= 4 is 5.97 Å². The molecule has 2 N–H and O–H groups in total. The number of hydrogen-bond acceptors (Lipinski definition) is 4. The van der Waals surface area contributed by atoms with Gasteiger partial charge in [0.1, 0.15) is 5.82 Å². The number of aryl methyl sites for hydroxylation is 1. The first-order chi connectivity index (χ1) is 15.0. The second-order valence-corrected chi connectivity index (χ2v) is 9.19. The van der Waals surface area contributed by atoms with Gasteiger partial charge in [-0.25, -0.2) is 4.39 Å². The number of rotatable bonds is 10. The third-order valence-electron chi connectivity index (χ3n) is 7.02. The van der Waals surface area contributed by atoms with Gasteiger partial charge in [0.2, 0.25) is 0 Å². The number of halogens is 1. The topological polar surface area (TPSA) is 65.5 Å². The minimum Gasteiger partial charge on any atom is -0.481 e. The molecule has 1 aromatic carbocycles. The van der Waals surface area contributed by atoms with Crippen LogP contribution >= 0.6 is 0 Å². The second-order valence-electron chi connectivity index (χ2n) is 9.19. The number of carboxylic acids is 1. The van der Waals surface area contributed by atoms with Crippen molar-refractivity contribution in [2.24, 2.45) is 5.41 Å². The van der Waals surface area contributed by atoms with Gasteiger partial charge in [0.15, 0.2) is 0 Å². The Bertz CT molecular complexity index is 851. The van der Waals surface area contributed by atoms with E-state index >= 15 is 0 Å². The van der Waals surface area contributed by atoms with E-state index in [0.717, 1.165) is 51.0 Å². The molecule has 6 heteroatoms. The van der Waals surface area contributed by atoms with Crippen LogP contribution in [0.3, 0.4) is 0 Å². The molecule has 1 unspecified atom stereocenters. The molecule has 1 saturated carbocycles. The Morgan fingerprint density at radius 3 is 2.65 bits per heavy atom. The lowest BCUT2D eigenvalue weighted by molar-refractivity contribution is -0.137. The zero-order valence-electron chi connectivity index (χ0n) is 18.0. The van der Waals surface area contributed by atoms with Crippen LogP contribution in [-0.4, -0.2) is 53.2 Å². The summed E-state index contributed by atoms with van der Waals surface area (Å²) in [4.78, 5) is 17.4. The first kappa shape index (κ1) is 21.9. The van der Waals surface area contributed by atoms with Crippen LogP contribution in [0.25, 0.3) is 0 Å². The van der Waals surface area contributed by atoms with Gasteiger partial charge in [0.05, 0.1) is 12.6 Å². The molecular weight excluding hydrogens is 393 g/mol. The number of nitrogens with one attached hydrogen (secondary N) is 1. The van der Waals surface area contributed by atoms with Crippen molar-refractivity contribution in [3.8, 4) is 0 Å². The summed E-state index contributed by atoms with van der Waals surface area (Å²) < 4.78 is 13.2. The molecule has 166 valence electrons. The standard InChI is InChI=1S/C25H32FN3O2/c26-20-6-7-21(27-17-20)8-10-25(11-14-29(15-12-25)13-9-24(30)31)18-28-23-16-22(23)19-4-2-1-3-5-19/h1-7,17,22-23,28H,8-16,18H2,(H,30,31)/t22?,23-/m1/s1. The Morgan fingerprint density at radius 2 is 1.97 bits per heavy atom. The molecule has 2 fully saturated rings. The molecule has 0 radical (unpaired) electrons. The SMILES string of the molecule is O=C(O)CCN1CCC(CCc2ccc(F)cn2)(CN[C@@H]2CC2c2ccccc2)CC1. The number of pyridine rings is 1. The molecule has 1 aliphatic carbocycles. The van der Waals surface area contributed by atoms with E-state index in [2.05, 4.69) is 45.5 Å². The predicted molar refractivity (Wildman–Crippen MR) is 118 cm³/mol.